The second-order valence-electron chi connectivity index (χ2n) is 9.21. The molecule has 1 unspecified atom stereocenters. The normalized spacial score (nSPS) is 24.6. The Kier molecular flexibility index (Phi) is 5.13. The summed E-state index contributed by atoms with van der Waals surface area (Å²) in [6.45, 7) is 3.02. The van der Waals surface area contributed by atoms with Crippen molar-refractivity contribution in [3.63, 3.8) is 0 Å². The highest BCUT2D eigenvalue weighted by Gasteiger charge is 2.55. The lowest BCUT2D eigenvalue weighted by atomic mass is 9.66. The molecule has 3 heterocycles. The number of pyridine rings is 1. The van der Waals surface area contributed by atoms with Crippen LogP contribution in [0, 0.1) is 5.41 Å². The smallest absolute Gasteiger partial charge is 0.227 e. The summed E-state index contributed by atoms with van der Waals surface area (Å²) < 4.78 is 0. The summed E-state index contributed by atoms with van der Waals surface area (Å²) >= 11 is 0. The van der Waals surface area contributed by atoms with Gasteiger partial charge in [0.15, 0.2) is 0 Å². The third-order valence-electron chi connectivity index (χ3n) is 7.49. The van der Waals surface area contributed by atoms with Crippen LogP contribution in [0.5, 0.6) is 0 Å². The standard InChI is InChI=1S/C25H31N3O/c29-23(17-20-7-6-14-26-18-20)27-15-10-22(11-16-27)28-19-25(12-4-5-13-25)24(28)21-8-2-1-3-9-21/h1-3,6-9,14,18,22,24H,4-5,10-13,15-17,19H2. The van der Waals surface area contributed by atoms with E-state index in [0.717, 1.165) is 31.5 Å². The minimum absolute atomic E-state index is 0.243. The molecule has 1 aromatic heterocycles. The van der Waals surface area contributed by atoms with Crippen molar-refractivity contribution in [2.45, 2.75) is 57.0 Å². The summed E-state index contributed by atoms with van der Waals surface area (Å²) in [6.07, 6.45) is 11.8. The zero-order valence-electron chi connectivity index (χ0n) is 17.2. The molecule has 0 radical (unpaired) electrons. The van der Waals surface area contributed by atoms with E-state index < -0.39 is 0 Å². The van der Waals surface area contributed by atoms with Crippen LogP contribution in [0.15, 0.2) is 54.9 Å². The van der Waals surface area contributed by atoms with Crippen LogP contribution in [0.1, 0.15) is 55.7 Å². The lowest BCUT2D eigenvalue weighted by molar-refractivity contribution is -0.137. The van der Waals surface area contributed by atoms with Crippen LogP contribution >= 0.6 is 0 Å². The van der Waals surface area contributed by atoms with E-state index in [9.17, 15) is 4.79 Å². The van der Waals surface area contributed by atoms with Crippen LogP contribution in [0.25, 0.3) is 0 Å². The number of aromatic nitrogens is 1. The van der Waals surface area contributed by atoms with Gasteiger partial charge in [-0.15, -0.1) is 0 Å². The predicted octanol–water partition coefficient (Wildman–Crippen LogP) is 4.23. The molecule has 2 saturated heterocycles. The maximum absolute atomic E-state index is 12.7. The first kappa shape index (κ1) is 18.8. The lowest BCUT2D eigenvalue weighted by Gasteiger charge is -2.60. The van der Waals surface area contributed by atoms with Gasteiger partial charge in [-0.25, -0.2) is 0 Å². The summed E-state index contributed by atoms with van der Waals surface area (Å²) in [7, 11) is 0. The fourth-order valence-corrected chi connectivity index (χ4v) is 6.05. The second kappa shape index (κ2) is 7.91. The number of carbonyl (C=O) groups is 1. The van der Waals surface area contributed by atoms with Crippen LogP contribution in [-0.4, -0.2) is 46.4 Å². The molecule has 1 spiro atoms. The Morgan fingerprint density at radius 1 is 1.03 bits per heavy atom. The molecule has 2 aromatic rings. The molecule has 3 fully saturated rings. The topological polar surface area (TPSA) is 36.4 Å². The van der Waals surface area contributed by atoms with E-state index in [1.54, 1.807) is 12.4 Å². The molecule has 4 heteroatoms. The van der Waals surface area contributed by atoms with E-state index in [-0.39, 0.29) is 5.91 Å². The fourth-order valence-electron chi connectivity index (χ4n) is 6.05. The van der Waals surface area contributed by atoms with Crippen molar-refractivity contribution < 1.29 is 4.79 Å². The number of benzene rings is 1. The van der Waals surface area contributed by atoms with Crippen molar-refractivity contribution in [3.05, 3.63) is 66.0 Å². The number of carbonyl (C=O) groups excluding carboxylic acids is 1. The quantitative estimate of drug-likeness (QED) is 0.785. The van der Waals surface area contributed by atoms with Crippen molar-refractivity contribution in [2.75, 3.05) is 19.6 Å². The number of amides is 1. The van der Waals surface area contributed by atoms with Crippen molar-refractivity contribution in [1.82, 2.24) is 14.8 Å². The summed E-state index contributed by atoms with van der Waals surface area (Å²) in [6, 6.07) is 16.2. The van der Waals surface area contributed by atoms with E-state index in [2.05, 4.69) is 45.1 Å². The van der Waals surface area contributed by atoms with Gasteiger partial charge in [0, 0.05) is 49.5 Å². The molecule has 29 heavy (non-hydrogen) atoms. The Labute approximate surface area is 173 Å². The van der Waals surface area contributed by atoms with Gasteiger partial charge in [-0.3, -0.25) is 14.7 Å². The molecule has 1 saturated carbocycles. The number of hydrogen-bond acceptors (Lipinski definition) is 3. The highest BCUT2D eigenvalue weighted by Crippen LogP contribution is 2.59. The Bertz CT molecular complexity index is 824. The first-order chi connectivity index (χ1) is 14.3. The average Bonchev–Trinajstić information content (AvgIpc) is 3.26. The maximum Gasteiger partial charge on any atom is 0.227 e. The highest BCUT2D eigenvalue weighted by molar-refractivity contribution is 5.78. The summed E-state index contributed by atoms with van der Waals surface area (Å²) in [5.74, 6) is 0.243. The SMILES string of the molecule is O=C(Cc1cccnc1)N1CCC(N2CC3(CCCC3)C2c2ccccc2)CC1. The molecule has 1 aromatic carbocycles. The first-order valence-corrected chi connectivity index (χ1v) is 11.2. The van der Waals surface area contributed by atoms with Crippen LogP contribution in [0.4, 0.5) is 0 Å². The largest absolute Gasteiger partial charge is 0.342 e. The van der Waals surface area contributed by atoms with Crippen LogP contribution in [0.3, 0.4) is 0 Å². The molecule has 2 aliphatic heterocycles. The van der Waals surface area contributed by atoms with E-state index >= 15 is 0 Å². The highest BCUT2D eigenvalue weighted by atomic mass is 16.2. The van der Waals surface area contributed by atoms with Gasteiger partial charge in [0.25, 0.3) is 0 Å². The van der Waals surface area contributed by atoms with Gasteiger partial charge in [0.05, 0.1) is 6.42 Å². The summed E-state index contributed by atoms with van der Waals surface area (Å²) in [4.78, 5) is 21.7. The third kappa shape index (κ3) is 3.59. The van der Waals surface area contributed by atoms with Crippen molar-refractivity contribution >= 4 is 5.91 Å². The molecular formula is C25H31N3O. The average molecular weight is 390 g/mol. The molecule has 0 bridgehead atoms. The first-order valence-electron chi connectivity index (χ1n) is 11.2. The molecule has 4 nitrogen and oxygen atoms in total. The Morgan fingerprint density at radius 3 is 2.48 bits per heavy atom. The van der Waals surface area contributed by atoms with Gasteiger partial charge in [0.1, 0.15) is 0 Å². The Hall–Kier alpha value is -2.20. The van der Waals surface area contributed by atoms with E-state index in [1.807, 2.05) is 12.1 Å². The number of likely N-dealkylation sites (tertiary alicyclic amines) is 2. The Morgan fingerprint density at radius 2 is 1.79 bits per heavy atom. The molecular weight excluding hydrogens is 358 g/mol. The van der Waals surface area contributed by atoms with E-state index in [1.165, 1.54) is 37.8 Å². The van der Waals surface area contributed by atoms with Crippen LogP contribution in [0.2, 0.25) is 0 Å². The minimum Gasteiger partial charge on any atom is -0.342 e. The third-order valence-corrected chi connectivity index (χ3v) is 7.49. The van der Waals surface area contributed by atoms with Crippen LogP contribution in [-0.2, 0) is 11.2 Å². The number of hydrogen-bond donors (Lipinski definition) is 0. The van der Waals surface area contributed by atoms with Crippen molar-refractivity contribution in [1.29, 1.82) is 0 Å². The molecule has 5 rings (SSSR count). The monoisotopic (exact) mass is 389 g/mol. The molecule has 1 atom stereocenters. The van der Waals surface area contributed by atoms with Crippen molar-refractivity contribution in [3.8, 4) is 0 Å². The molecule has 1 aliphatic carbocycles. The molecule has 3 aliphatic rings. The summed E-state index contributed by atoms with van der Waals surface area (Å²) in [5.41, 5.74) is 3.01. The van der Waals surface area contributed by atoms with Gasteiger partial charge in [0.2, 0.25) is 5.91 Å². The number of nitrogens with zero attached hydrogens (tertiary/aromatic N) is 3. The zero-order chi connectivity index (χ0) is 19.7. The zero-order valence-corrected chi connectivity index (χ0v) is 17.2. The number of rotatable bonds is 4. The molecule has 1 amide bonds. The predicted molar refractivity (Wildman–Crippen MR) is 114 cm³/mol. The Balaban J connectivity index is 1.23. The van der Waals surface area contributed by atoms with Gasteiger partial charge in [-0.1, -0.05) is 49.2 Å². The second-order valence-corrected chi connectivity index (χ2v) is 9.21. The summed E-state index contributed by atoms with van der Waals surface area (Å²) in [5, 5.41) is 0. The molecule has 152 valence electrons. The van der Waals surface area contributed by atoms with Gasteiger partial charge < -0.3 is 4.90 Å². The van der Waals surface area contributed by atoms with Gasteiger partial charge in [-0.2, -0.15) is 0 Å². The minimum atomic E-state index is 0.243. The lowest BCUT2D eigenvalue weighted by Crippen LogP contribution is -2.62. The fraction of sp³-hybridized carbons (Fsp3) is 0.520. The van der Waals surface area contributed by atoms with Crippen LogP contribution < -0.4 is 0 Å². The van der Waals surface area contributed by atoms with Gasteiger partial charge in [-0.05, 0) is 42.9 Å². The maximum atomic E-state index is 12.7. The van der Waals surface area contributed by atoms with E-state index in [4.69, 9.17) is 0 Å². The van der Waals surface area contributed by atoms with Crippen molar-refractivity contribution in [2.24, 2.45) is 5.41 Å². The van der Waals surface area contributed by atoms with Gasteiger partial charge >= 0.3 is 0 Å². The van der Waals surface area contributed by atoms with E-state index in [0.29, 0.717) is 23.9 Å². The molecule has 0 N–H and O–H groups in total. The number of piperidine rings is 1.